The van der Waals surface area contributed by atoms with Crippen molar-refractivity contribution in [3.8, 4) is 0 Å². The third-order valence-electron chi connectivity index (χ3n) is 4.50. The standard InChI is InChI=1S/C20H30N2/c1-4-21-16-10-15-20(19-14-9-8-11-17(19)2)22(3)18-12-6-5-7-13-18/h5-7,12-13,21H,2,4,8-11,14-16H2,1,3H3/b20-19-. The molecule has 1 aliphatic carbocycles. The predicted octanol–water partition coefficient (Wildman–Crippen LogP) is 4.90. The Balaban J connectivity index is 2.20. The van der Waals surface area contributed by atoms with Crippen molar-refractivity contribution in [2.24, 2.45) is 0 Å². The number of para-hydroxylation sites is 1. The van der Waals surface area contributed by atoms with Crippen LogP contribution in [-0.2, 0) is 0 Å². The molecule has 0 amide bonds. The molecule has 0 bridgehead atoms. The fraction of sp³-hybridized carbons (Fsp3) is 0.500. The quantitative estimate of drug-likeness (QED) is 0.720. The SMILES string of the molecule is C=C1CCCC/C1=C(\CCCNCC)N(C)c1ccccc1. The lowest BCUT2D eigenvalue weighted by atomic mass is 9.88. The smallest absolute Gasteiger partial charge is 0.0405 e. The molecule has 22 heavy (non-hydrogen) atoms. The highest BCUT2D eigenvalue weighted by Crippen LogP contribution is 2.34. The van der Waals surface area contributed by atoms with Gasteiger partial charge in [0.25, 0.3) is 0 Å². The number of nitrogens with one attached hydrogen (secondary N) is 1. The summed E-state index contributed by atoms with van der Waals surface area (Å²) in [6.45, 7) is 8.64. The van der Waals surface area contributed by atoms with Crippen molar-refractivity contribution in [2.45, 2.75) is 45.4 Å². The van der Waals surface area contributed by atoms with E-state index in [0.29, 0.717) is 0 Å². The third kappa shape index (κ3) is 4.48. The third-order valence-corrected chi connectivity index (χ3v) is 4.50. The maximum atomic E-state index is 4.34. The van der Waals surface area contributed by atoms with Gasteiger partial charge in [0.05, 0.1) is 0 Å². The lowest BCUT2D eigenvalue weighted by molar-refractivity contribution is 0.640. The molecule has 1 fully saturated rings. The first-order chi connectivity index (χ1) is 10.7. The summed E-state index contributed by atoms with van der Waals surface area (Å²) in [7, 11) is 2.20. The van der Waals surface area contributed by atoms with Crippen LogP contribution in [0.4, 0.5) is 5.69 Å². The highest BCUT2D eigenvalue weighted by molar-refractivity contribution is 5.54. The van der Waals surface area contributed by atoms with Crippen LogP contribution in [-0.4, -0.2) is 20.1 Å². The van der Waals surface area contributed by atoms with E-state index in [9.17, 15) is 0 Å². The van der Waals surface area contributed by atoms with Crippen LogP contribution < -0.4 is 10.2 Å². The van der Waals surface area contributed by atoms with E-state index in [-0.39, 0.29) is 0 Å². The van der Waals surface area contributed by atoms with Gasteiger partial charge >= 0.3 is 0 Å². The maximum Gasteiger partial charge on any atom is 0.0405 e. The fourth-order valence-electron chi connectivity index (χ4n) is 3.20. The molecule has 0 heterocycles. The van der Waals surface area contributed by atoms with E-state index >= 15 is 0 Å². The second kappa shape index (κ2) is 8.79. The van der Waals surface area contributed by atoms with Crippen LogP contribution in [0.15, 0.2) is 53.8 Å². The Morgan fingerprint density at radius 3 is 2.59 bits per heavy atom. The minimum Gasteiger partial charge on any atom is -0.348 e. The molecule has 0 aliphatic heterocycles. The number of nitrogens with zero attached hydrogens (tertiary/aromatic N) is 1. The Labute approximate surface area is 135 Å². The van der Waals surface area contributed by atoms with Crippen molar-refractivity contribution in [1.82, 2.24) is 5.32 Å². The summed E-state index contributed by atoms with van der Waals surface area (Å²) in [4.78, 5) is 2.37. The highest BCUT2D eigenvalue weighted by atomic mass is 15.1. The first kappa shape index (κ1) is 16.8. The van der Waals surface area contributed by atoms with Crippen LogP contribution in [0.3, 0.4) is 0 Å². The average molecular weight is 298 g/mol. The topological polar surface area (TPSA) is 15.3 Å². The number of hydrogen-bond donors (Lipinski definition) is 1. The van der Waals surface area contributed by atoms with Crippen LogP contribution in [0.25, 0.3) is 0 Å². The van der Waals surface area contributed by atoms with Crippen LogP contribution in [0.5, 0.6) is 0 Å². The number of allylic oxidation sites excluding steroid dienone is 3. The van der Waals surface area contributed by atoms with Gasteiger partial charge in [-0.25, -0.2) is 0 Å². The van der Waals surface area contributed by atoms with Gasteiger partial charge in [0, 0.05) is 18.4 Å². The van der Waals surface area contributed by atoms with Gasteiger partial charge < -0.3 is 10.2 Å². The summed E-state index contributed by atoms with van der Waals surface area (Å²) in [6.07, 6.45) is 7.24. The van der Waals surface area contributed by atoms with Gasteiger partial charge in [-0.3, -0.25) is 0 Å². The zero-order chi connectivity index (χ0) is 15.8. The van der Waals surface area contributed by atoms with Gasteiger partial charge in [-0.05, 0) is 69.3 Å². The van der Waals surface area contributed by atoms with E-state index in [1.54, 1.807) is 0 Å². The maximum absolute atomic E-state index is 4.34. The molecule has 120 valence electrons. The van der Waals surface area contributed by atoms with Crippen molar-refractivity contribution in [1.29, 1.82) is 0 Å². The summed E-state index contributed by atoms with van der Waals surface area (Å²) in [5.41, 5.74) is 5.60. The van der Waals surface area contributed by atoms with E-state index in [2.05, 4.69) is 61.1 Å². The zero-order valence-corrected chi connectivity index (χ0v) is 14.2. The first-order valence-electron chi connectivity index (χ1n) is 8.63. The molecule has 0 unspecified atom stereocenters. The number of benzene rings is 1. The van der Waals surface area contributed by atoms with Gasteiger partial charge in [-0.15, -0.1) is 0 Å². The van der Waals surface area contributed by atoms with E-state index in [1.807, 2.05) is 0 Å². The molecule has 1 saturated carbocycles. The molecule has 1 aliphatic rings. The molecule has 0 radical (unpaired) electrons. The van der Waals surface area contributed by atoms with Gasteiger partial charge in [0.1, 0.15) is 0 Å². The molecule has 0 aromatic heterocycles. The lowest BCUT2D eigenvalue weighted by Crippen LogP contribution is -2.22. The Morgan fingerprint density at radius 1 is 1.18 bits per heavy atom. The molecule has 2 nitrogen and oxygen atoms in total. The van der Waals surface area contributed by atoms with E-state index in [1.165, 1.54) is 48.2 Å². The molecule has 0 spiro atoms. The molecule has 0 atom stereocenters. The molecule has 1 aromatic carbocycles. The van der Waals surface area contributed by atoms with Crippen LogP contribution in [0, 0.1) is 0 Å². The second-order valence-electron chi connectivity index (χ2n) is 6.09. The number of hydrogen-bond acceptors (Lipinski definition) is 2. The molecular weight excluding hydrogens is 268 g/mol. The summed E-state index contributed by atoms with van der Waals surface area (Å²) >= 11 is 0. The molecule has 1 aromatic rings. The van der Waals surface area contributed by atoms with E-state index < -0.39 is 0 Å². The van der Waals surface area contributed by atoms with Crippen molar-refractivity contribution in [3.63, 3.8) is 0 Å². The van der Waals surface area contributed by atoms with Crippen LogP contribution in [0.2, 0.25) is 0 Å². The van der Waals surface area contributed by atoms with Gasteiger partial charge in [-0.1, -0.05) is 37.3 Å². The average Bonchev–Trinajstić information content (AvgIpc) is 2.56. The lowest BCUT2D eigenvalue weighted by Gasteiger charge is -2.29. The predicted molar refractivity (Wildman–Crippen MR) is 97.3 cm³/mol. The summed E-state index contributed by atoms with van der Waals surface area (Å²) in [5.74, 6) is 0. The summed E-state index contributed by atoms with van der Waals surface area (Å²) in [6, 6.07) is 10.7. The van der Waals surface area contributed by atoms with E-state index in [4.69, 9.17) is 0 Å². The van der Waals surface area contributed by atoms with Crippen molar-refractivity contribution >= 4 is 5.69 Å². The van der Waals surface area contributed by atoms with Crippen molar-refractivity contribution < 1.29 is 0 Å². The molecule has 2 heteroatoms. The zero-order valence-electron chi connectivity index (χ0n) is 14.2. The van der Waals surface area contributed by atoms with Crippen molar-refractivity contribution in [3.05, 3.63) is 53.8 Å². The molecule has 0 saturated heterocycles. The van der Waals surface area contributed by atoms with Crippen molar-refractivity contribution in [2.75, 3.05) is 25.0 Å². The van der Waals surface area contributed by atoms with Gasteiger partial charge in [0.15, 0.2) is 0 Å². The van der Waals surface area contributed by atoms with E-state index in [0.717, 1.165) is 25.9 Å². The monoisotopic (exact) mass is 298 g/mol. The minimum atomic E-state index is 1.05. The van der Waals surface area contributed by atoms with Crippen LogP contribution >= 0.6 is 0 Å². The Kier molecular flexibility index (Phi) is 6.73. The minimum absolute atomic E-state index is 1.05. The first-order valence-corrected chi connectivity index (χ1v) is 8.63. The second-order valence-corrected chi connectivity index (χ2v) is 6.09. The number of anilines is 1. The largest absolute Gasteiger partial charge is 0.348 e. The molecule has 1 N–H and O–H groups in total. The Bertz CT molecular complexity index is 502. The normalized spacial score (nSPS) is 17.5. The molecular formula is C20H30N2. The van der Waals surface area contributed by atoms with Gasteiger partial charge in [-0.2, -0.15) is 0 Å². The molecule has 2 rings (SSSR count). The van der Waals surface area contributed by atoms with Gasteiger partial charge in [0.2, 0.25) is 0 Å². The Morgan fingerprint density at radius 2 is 1.91 bits per heavy atom. The summed E-state index contributed by atoms with van der Waals surface area (Å²) < 4.78 is 0. The summed E-state index contributed by atoms with van der Waals surface area (Å²) in [5, 5.41) is 3.43. The fourth-order valence-corrected chi connectivity index (χ4v) is 3.20. The van der Waals surface area contributed by atoms with Crippen LogP contribution in [0.1, 0.15) is 45.4 Å². The highest BCUT2D eigenvalue weighted by Gasteiger charge is 2.18. The number of rotatable bonds is 7. The Hall–Kier alpha value is -1.54.